The fourth-order valence-corrected chi connectivity index (χ4v) is 6.01. The van der Waals surface area contributed by atoms with Crippen LogP contribution < -0.4 is 4.74 Å². The molecule has 1 aliphatic carbocycles. The van der Waals surface area contributed by atoms with Gasteiger partial charge >= 0.3 is 11.9 Å². The Bertz CT molecular complexity index is 1950. The molecule has 16 heteroatoms. The summed E-state index contributed by atoms with van der Waals surface area (Å²) in [6.07, 6.45) is -2.61. The standard InChI is InChI=1S/C33H33N7O9/c1-4-46-33-34-26-11-7-10-25(32(42)48-19(2)47-31(41)22-16-27(45-3)28(17-22)49-40(43)44)29(26)39(33)18-20-12-14-21(15-13-20)23-8-5-6-9-24(23)30-35-37-38-36-30/h5-15,19,22,27-28H,4,16-18H2,1-3H3,(H,35,36,37,38). The van der Waals surface area contributed by atoms with E-state index in [2.05, 4.69) is 30.4 Å². The summed E-state index contributed by atoms with van der Waals surface area (Å²) in [6.45, 7) is 3.94. The van der Waals surface area contributed by atoms with Crippen LogP contribution in [0, 0.1) is 16.0 Å². The van der Waals surface area contributed by atoms with Gasteiger partial charge in [-0.2, -0.15) is 10.2 Å². The van der Waals surface area contributed by atoms with Crippen molar-refractivity contribution in [1.82, 2.24) is 30.2 Å². The fourth-order valence-electron chi connectivity index (χ4n) is 6.01. The first-order valence-corrected chi connectivity index (χ1v) is 15.5. The number of H-pyrrole nitrogens is 1. The lowest BCUT2D eigenvalue weighted by Gasteiger charge is -2.17. The number of benzene rings is 3. The first-order valence-electron chi connectivity index (χ1n) is 15.5. The van der Waals surface area contributed by atoms with Crippen LogP contribution >= 0.6 is 0 Å². The molecule has 1 fully saturated rings. The number of carbonyl (C=O) groups is 2. The molecule has 3 aromatic carbocycles. The van der Waals surface area contributed by atoms with Crippen LogP contribution in [0.25, 0.3) is 33.5 Å². The van der Waals surface area contributed by atoms with Crippen molar-refractivity contribution in [2.75, 3.05) is 13.7 Å². The van der Waals surface area contributed by atoms with Crippen LogP contribution in [0.3, 0.4) is 0 Å². The summed E-state index contributed by atoms with van der Waals surface area (Å²) in [7, 11) is 1.38. The quantitative estimate of drug-likeness (QED) is 0.0802. The summed E-state index contributed by atoms with van der Waals surface area (Å²) in [5, 5.41) is 24.3. The number of aromatic nitrogens is 6. The Morgan fingerprint density at radius 1 is 1.02 bits per heavy atom. The third-order valence-corrected chi connectivity index (χ3v) is 8.20. The molecule has 0 radical (unpaired) electrons. The highest BCUT2D eigenvalue weighted by Gasteiger charge is 2.42. The van der Waals surface area contributed by atoms with Gasteiger partial charge in [0.1, 0.15) is 6.10 Å². The molecule has 16 nitrogen and oxygen atoms in total. The van der Waals surface area contributed by atoms with Crippen LogP contribution in [-0.2, 0) is 30.4 Å². The van der Waals surface area contributed by atoms with Crippen molar-refractivity contribution in [2.24, 2.45) is 5.92 Å². The van der Waals surface area contributed by atoms with Crippen LogP contribution in [0.1, 0.15) is 42.6 Å². The smallest absolute Gasteiger partial charge is 0.343 e. The number of imidazole rings is 1. The average molecular weight is 672 g/mol. The van der Waals surface area contributed by atoms with E-state index in [0.29, 0.717) is 36.0 Å². The number of para-hydroxylation sites is 1. The molecule has 0 saturated heterocycles. The molecule has 2 aromatic heterocycles. The van der Waals surface area contributed by atoms with Crippen LogP contribution in [0.5, 0.6) is 6.01 Å². The van der Waals surface area contributed by atoms with E-state index in [1.54, 1.807) is 22.8 Å². The third kappa shape index (κ3) is 7.18. The van der Waals surface area contributed by atoms with Gasteiger partial charge in [-0.1, -0.05) is 54.6 Å². The third-order valence-electron chi connectivity index (χ3n) is 8.20. The molecule has 0 bridgehead atoms. The minimum atomic E-state index is -1.25. The number of nitrogens with zero attached hydrogens (tertiary/aromatic N) is 6. The van der Waals surface area contributed by atoms with Gasteiger partial charge in [-0.05, 0) is 53.8 Å². The van der Waals surface area contributed by atoms with E-state index in [-0.39, 0.29) is 18.4 Å². The number of tetrazole rings is 1. The maximum absolute atomic E-state index is 13.5. The summed E-state index contributed by atoms with van der Waals surface area (Å²) in [5.74, 6) is -1.65. The van der Waals surface area contributed by atoms with Crippen molar-refractivity contribution >= 4 is 23.0 Å². The molecule has 1 N–H and O–H groups in total. The maximum Gasteiger partial charge on any atom is 0.343 e. The Morgan fingerprint density at radius 2 is 1.78 bits per heavy atom. The Labute approximate surface area is 279 Å². The van der Waals surface area contributed by atoms with Gasteiger partial charge in [-0.25, -0.2) is 4.79 Å². The van der Waals surface area contributed by atoms with Gasteiger partial charge in [0.15, 0.2) is 0 Å². The average Bonchev–Trinajstić information content (AvgIpc) is 3.85. The largest absolute Gasteiger partial charge is 0.465 e. The van der Waals surface area contributed by atoms with Crippen molar-refractivity contribution in [2.45, 2.75) is 51.7 Å². The number of hydrogen-bond acceptors (Lipinski definition) is 13. The van der Waals surface area contributed by atoms with E-state index in [1.807, 2.05) is 55.5 Å². The highest BCUT2D eigenvalue weighted by Crippen LogP contribution is 2.33. The molecule has 254 valence electrons. The number of hydrogen-bond donors (Lipinski definition) is 1. The first-order chi connectivity index (χ1) is 23.7. The highest BCUT2D eigenvalue weighted by molar-refractivity contribution is 6.02. The second kappa shape index (κ2) is 14.5. The lowest BCUT2D eigenvalue weighted by atomic mass is 9.98. The molecule has 4 atom stereocenters. The maximum atomic E-state index is 13.5. The zero-order valence-electron chi connectivity index (χ0n) is 26.8. The minimum Gasteiger partial charge on any atom is -0.465 e. The Morgan fingerprint density at radius 3 is 2.47 bits per heavy atom. The van der Waals surface area contributed by atoms with Gasteiger partial charge in [-0.15, -0.1) is 20.3 Å². The molecule has 2 heterocycles. The second-order valence-electron chi connectivity index (χ2n) is 11.3. The monoisotopic (exact) mass is 671 g/mol. The normalized spacial score (nSPS) is 17.8. The molecular weight excluding hydrogens is 638 g/mol. The zero-order chi connectivity index (χ0) is 34.5. The highest BCUT2D eigenvalue weighted by atomic mass is 17.0. The fraction of sp³-hybridized carbons (Fsp3) is 0.333. The number of ether oxygens (including phenoxy) is 4. The van der Waals surface area contributed by atoms with Gasteiger partial charge in [0, 0.05) is 19.6 Å². The van der Waals surface area contributed by atoms with Gasteiger partial charge in [0.2, 0.25) is 12.1 Å². The van der Waals surface area contributed by atoms with E-state index < -0.39 is 41.4 Å². The van der Waals surface area contributed by atoms with E-state index in [1.165, 1.54) is 14.0 Å². The van der Waals surface area contributed by atoms with Crippen molar-refractivity contribution in [1.29, 1.82) is 0 Å². The second-order valence-corrected chi connectivity index (χ2v) is 11.3. The number of carbonyl (C=O) groups excluding carboxylic acids is 2. The summed E-state index contributed by atoms with van der Waals surface area (Å²) in [4.78, 5) is 46.5. The Balaban J connectivity index is 1.20. The molecule has 6 rings (SSSR count). The van der Waals surface area contributed by atoms with E-state index in [0.717, 1.165) is 22.3 Å². The lowest BCUT2D eigenvalue weighted by Crippen LogP contribution is -2.27. The van der Waals surface area contributed by atoms with E-state index >= 15 is 0 Å². The van der Waals surface area contributed by atoms with Crippen molar-refractivity contribution in [3.05, 3.63) is 88.0 Å². The van der Waals surface area contributed by atoms with Gasteiger partial charge in [0.05, 0.1) is 41.8 Å². The topological polar surface area (TPSA) is 196 Å². The van der Waals surface area contributed by atoms with Crippen LogP contribution in [0.4, 0.5) is 0 Å². The van der Waals surface area contributed by atoms with Crippen LogP contribution in [0.2, 0.25) is 0 Å². The Kier molecular flexibility index (Phi) is 9.75. The number of methoxy groups -OCH3 is 1. The number of esters is 2. The number of fused-ring (bicyclic) bond motifs is 1. The van der Waals surface area contributed by atoms with Crippen LogP contribution in [-0.4, -0.2) is 79.4 Å². The van der Waals surface area contributed by atoms with Gasteiger partial charge < -0.3 is 23.8 Å². The SMILES string of the molecule is CCOc1nc2cccc(C(=O)OC(C)OC(=O)C3CC(OC)C(O[N+](=O)[O-])C3)c2n1Cc1ccc(-c2ccccc2-c2nn[nH]n2)cc1. The van der Waals surface area contributed by atoms with Crippen molar-refractivity contribution < 1.29 is 38.5 Å². The molecule has 1 aliphatic rings. The van der Waals surface area contributed by atoms with Crippen molar-refractivity contribution in [3.8, 4) is 28.5 Å². The molecule has 1 saturated carbocycles. The molecule has 0 amide bonds. The molecule has 0 aliphatic heterocycles. The first kappa shape index (κ1) is 33.0. The summed E-state index contributed by atoms with van der Waals surface area (Å²) < 4.78 is 23.9. The molecule has 0 spiro atoms. The predicted molar refractivity (Wildman–Crippen MR) is 171 cm³/mol. The Hall–Kier alpha value is -5.90. The molecular formula is C33H33N7O9. The van der Waals surface area contributed by atoms with Gasteiger partial charge in [-0.3, -0.25) is 9.36 Å². The summed E-state index contributed by atoms with van der Waals surface area (Å²) >= 11 is 0. The molecule has 4 unspecified atom stereocenters. The zero-order valence-corrected chi connectivity index (χ0v) is 26.8. The van der Waals surface area contributed by atoms with E-state index in [4.69, 9.17) is 18.9 Å². The summed E-state index contributed by atoms with van der Waals surface area (Å²) in [6, 6.07) is 21.1. The number of aromatic amines is 1. The predicted octanol–water partition coefficient (Wildman–Crippen LogP) is 4.38. The minimum absolute atomic E-state index is 0.0317. The van der Waals surface area contributed by atoms with Crippen LogP contribution in [0.15, 0.2) is 66.7 Å². The number of nitrogens with one attached hydrogen (secondary N) is 1. The van der Waals surface area contributed by atoms with Crippen molar-refractivity contribution in [3.63, 3.8) is 0 Å². The molecule has 49 heavy (non-hydrogen) atoms. The summed E-state index contributed by atoms with van der Waals surface area (Å²) in [5.41, 5.74) is 4.84. The van der Waals surface area contributed by atoms with E-state index in [9.17, 15) is 19.7 Å². The lowest BCUT2D eigenvalue weighted by molar-refractivity contribution is -0.770. The van der Waals surface area contributed by atoms with Gasteiger partial charge in [0.25, 0.3) is 11.1 Å². The number of rotatable bonds is 13. The molecule has 5 aromatic rings.